The predicted octanol–water partition coefficient (Wildman–Crippen LogP) is 5.61. The number of alkyl halides is 3. The minimum Gasteiger partial charge on any atom is -0.370 e. The van der Waals surface area contributed by atoms with Crippen LogP contribution in [-0.4, -0.2) is 24.2 Å². The molecule has 0 spiro atoms. The fraction of sp³-hybridized carbons (Fsp3) is 0.294. The first-order valence-corrected chi connectivity index (χ1v) is 8.41. The van der Waals surface area contributed by atoms with Crippen LogP contribution in [0.5, 0.6) is 0 Å². The van der Waals surface area contributed by atoms with E-state index >= 15 is 0 Å². The molecule has 4 nitrogen and oxygen atoms in total. The van der Waals surface area contributed by atoms with E-state index in [1.807, 2.05) is 0 Å². The first kappa shape index (κ1) is 18.8. The first-order chi connectivity index (χ1) is 12.1. The lowest BCUT2D eigenvalue weighted by Crippen LogP contribution is -2.44. The second-order valence-corrected chi connectivity index (χ2v) is 7.06. The van der Waals surface area contributed by atoms with Crippen molar-refractivity contribution in [3.05, 3.63) is 68.2 Å². The Hall–Kier alpha value is -1.99. The number of benzene rings is 2. The Bertz CT molecular complexity index is 840. The van der Waals surface area contributed by atoms with Gasteiger partial charge in [-0.05, 0) is 36.2 Å². The summed E-state index contributed by atoms with van der Waals surface area (Å²) in [6.45, 7) is -0.265. The number of non-ortho nitro benzene ring substituents is 1. The lowest BCUT2D eigenvalue weighted by Gasteiger charge is -2.33. The molecular formula is C17H13Cl2F3N2O2. The van der Waals surface area contributed by atoms with E-state index in [0.29, 0.717) is 5.69 Å². The Morgan fingerprint density at radius 2 is 1.77 bits per heavy atom. The second-order valence-electron chi connectivity index (χ2n) is 6.19. The molecule has 0 aliphatic carbocycles. The Balaban J connectivity index is 2.02. The zero-order valence-corrected chi connectivity index (χ0v) is 14.8. The van der Waals surface area contributed by atoms with Crippen LogP contribution >= 0.6 is 23.2 Å². The van der Waals surface area contributed by atoms with Gasteiger partial charge in [-0.3, -0.25) is 10.1 Å². The van der Waals surface area contributed by atoms with Crippen molar-refractivity contribution in [2.75, 3.05) is 18.0 Å². The molecular weight excluding hydrogens is 392 g/mol. The van der Waals surface area contributed by atoms with E-state index in [1.54, 1.807) is 6.07 Å². The van der Waals surface area contributed by atoms with Crippen LogP contribution in [0.1, 0.15) is 12.0 Å². The van der Waals surface area contributed by atoms with E-state index in [4.69, 9.17) is 23.2 Å². The Labute approximate surface area is 157 Å². The number of hydrogen-bond donors (Lipinski definition) is 0. The number of nitro benzene ring substituents is 1. The number of hydrogen-bond acceptors (Lipinski definition) is 3. The third-order valence-corrected chi connectivity index (χ3v) is 5.07. The van der Waals surface area contributed by atoms with Crippen molar-refractivity contribution >= 4 is 34.6 Å². The van der Waals surface area contributed by atoms with Gasteiger partial charge in [0.05, 0.1) is 4.92 Å². The highest BCUT2D eigenvalue weighted by Gasteiger charge is 2.59. The summed E-state index contributed by atoms with van der Waals surface area (Å²) in [6, 6.07) is 9.52. The molecule has 0 amide bonds. The van der Waals surface area contributed by atoms with Gasteiger partial charge in [-0.25, -0.2) is 0 Å². The highest BCUT2D eigenvalue weighted by molar-refractivity contribution is 6.34. The number of halogens is 5. The van der Waals surface area contributed by atoms with Crippen molar-refractivity contribution < 1.29 is 18.1 Å². The quantitative estimate of drug-likeness (QED) is 0.493. The van der Waals surface area contributed by atoms with E-state index in [1.165, 1.54) is 41.3 Å². The monoisotopic (exact) mass is 404 g/mol. The third kappa shape index (κ3) is 3.33. The molecule has 0 N–H and O–H groups in total. The molecule has 1 fully saturated rings. The van der Waals surface area contributed by atoms with Crippen molar-refractivity contribution in [2.24, 2.45) is 0 Å². The maximum atomic E-state index is 14.0. The van der Waals surface area contributed by atoms with Crippen molar-refractivity contribution in [3.8, 4) is 0 Å². The molecule has 0 radical (unpaired) electrons. The van der Waals surface area contributed by atoms with Gasteiger partial charge < -0.3 is 4.90 Å². The Morgan fingerprint density at radius 3 is 2.35 bits per heavy atom. The molecule has 0 aromatic heterocycles. The normalized spacial score (nSPS) is 20.4. The maximum Gasteiger partial charge on any atom is 0.400 e. The lowest BCUT2D eigenvalue weighted by molar-refractivity contribution is -0.384. The van der Waals surface area contributed by atoms with Crippen LogP contribution in [0.3, 0.4) is 0 Å². The van der Waals surface area contributed by atoms with Gasteiger partial charge in [0.15, 0.2) is 0 Å². The summed E-state index contributed by atoms with van der Waals surface area (Å²) in [5.41, 5.74) is -1.95. The summed E-state index contributed by atoms with van der Waals surface area (Å²) in [5.74, 6) is 0. The minimum absolute atomic E-state index is 0.00423. The van der Waals surface area contributed by atoms with E-state index in [9.17, 15) is 23.3 Å². The zero-order valence-electron chi connectivity index (χ0n) is 13.3. The summed E-state index contributed by atoms with van der Waals surface area (Å²) in [4.78, 5) is 11.8. The van der Waals surface area contributed by atoms with Gasteiger partial charge in [0.25, 0.3) is 5.69 Å². The summed E-state index contributed by atoms with van der Waals surface area (Å²) in [6.07, 6.45) is -4.73. The van der Waals surface area contributed by atoms with Gasteiger partial charge in [0.2, 0.25) is 0 Å². The molecule has 1 atom stereocenters. The lowest BCUT2D eigenvalue weighted by atomic mass is 9.79. The number of rotatable bonds is 3. The summed E-state index contributed by atoms with van der Waals surface area (Å²) >= 11 is 11.8. The topological polar surface area (TPSA) is 46.4 Å². The smallest absolute Gasteiger partial charge is 0.370 e. The number of nitrogens with zero attached hydrogens (tertiary/aromatic N) is 2. The van der Waals surface area contributed by atoms with Crippen LogP contribution in [0.4, 0.5) is 24.5 Å². The van der Waals surface area contributed by atoms with E-state index in [2.05, 4.69) is 0 Å². The molecule has 1 heterocycles. The average Bonchev–Trinajstić information content (AvgIpc) is 3.00. The van der Waals surface area contributed by atoms with Crippen LogP contribution < -0.4 is 4.90 Å². The van der Waals surface area contributed by atoms with E-state index in [0.717, 1.165) is 0 Å². The molecule has 3 rings (SSSR count). The van der Waals surface area contributed by atoms with Gasteiger partial charge in [-0.2, -0.15) is 13.2 Å². The molecule has 0 saturated carbocycles. The van der Waals surface area contributed by atoms with Crippen LogP contribution in [0.15, 0.2) is 42.5 Å². The summed E-state index contributed by atoms with van der Waals surface area (Å²) < 4.78 is 42.1. The van der Waals surface area contributed by atoms with Crippen molar-refractivity contribution in [1.82, 2.24) is 0 Å². The van der Waals surface area contributed by atoms with E-state index in [-0.39, 0.29) is 40.8 Å². The van der Waals surface area contributed by atoms with E-state index < -0.39 is 16.5 Å². The van der Waals surface area contributed by atoms with Crippen molar-refractivity contribution in [1.29, 1.82) is 0 Å². The van der Waals surface area contributed by atoms with Gasteiger partial charge in [0.1, 0.15) is 5.41 Å². The molecule has 1 saturated heterocycles. The molecule has 26 heavy (non-hydrogen) atoms. The van der Waals surface area contributed by atoms with Crippen LogP contribution in [0.25, 0.3) is 0 Å². The fourth-order valence-corrected chi connectivity index (χ4v) is 3.82. The highest BCUT2D eigenvalue weighted by Crippen LogP contribution is 2.49. The molecule has 9 heteroatoms. The Morgan fingerprint density at radius 1 is 1.12 bits per heavy atom. The molecule has 1 aliphatic rings. The molecule has 2 aromatic carbocycles. The van der Waals surface area contributed by atoms with Crippen LogP contribution in [-0.2, 0) is 5.41 Å². The molecule has 2 aromatic rings. The highest BCUT2D eigenvalue weighted by atomic mass is 35.5. The fourth-order valence-electron chi connectivity index (χ4n) is 3.29. The van der Waals surface area contributed by atoms with Gasteiger partial charge >= 0.3 is 6.18 Å². The summed E-state index contributed by atoms with van der Waals surface area (Å²) in [7, 11) is 0. The largest absolute Gasteiger partial charge is 0.400 e. The SMILES string of the molecule is O=[N+]([O-])c1cccc(N2CCC(c3cc(Cl)cc(Cl)c3)(C(F)(F)F)C2)c1. The predicted molar refractivity (Wildman–Crippen MR) is 94.1 cm³/mol. The average molecular weight is 405 g/mol. The van der Waals surface area contributed by atoms with Crippen LogP contribution in [0, 0.1) is 10.1 Å². The zero-order chi connectivity index (χ0) is 19.1. The molecule has 1 aliphatic heterocycles. The van der Waals surface area contributed by atoms with Crippen molar-refractivity contribution in [2.45, 2.75) is 18.0 Å². The minimum atomic E-state index is -4.53. The van der Waals surface area contributed by atoms with Gasteiger partial charge in [0, 0.05) is 41.0 Å². The number of nitro groups is 1. The number of anilines is 1. The summed E-state index contributed by atoms with van der Waals surface area (Å²) in [5, 5.41) is 11.2. The molecule has 138 valence electrons. The van der Waals surface area contributed by atoms with Gasteiger partial charge in [-0.15, -0.1) is 0 Å². The maximum absolute atomic E-state index is 14.0. The molecule has 1 unspecified atom stereocenters. The van der Waals surface area contributed by atoms with Gasteiger partial charge in [-0.1, -0.05) is 29.3 Å². The standard InChI is InChI=1S/C17H13Cl2F3N2O2/c18-12-6-11(7-13(19)8-12)16(17(20,21)22)4-5-23(10-16)14-2-1-3-15(9-14)24(25)26/h1-3,6-9H,4-5,10H2. The van der Waals surface area contributed by atoms with Crippen LogP contribution in [0.2, 0.25) is 10.0 Å². The Kier molecular flexibility index (Phi) is 4.79. The third-order valence-electron chi connectivity index (χ3n) is 4.63. The second kappa shape index (κ2) is 6.63. The van der Waals surface area contributed by atoms with Crippen molar-refractivity contribution in [3.63, 3.8) is 0 Å². The molecule has 0 bridgehead atoms. The first-order valence-electron chi connectivity index (χ1n) is 7.65.